The molecule has 0 spiro atoms. The lowest BCUT2D eigenvalue weighted by Gasteiger charge is -2.29. The van der Waals surface area contributed by atoms with Gasteiger partial charge in [0.05, 0.1) is 24.5 Å². The molecule has 32 heavy (non-hydrogen) atoms. The molecule has 1 aliphatic rings. The van der Waals surface area contributed by atoms with Gasteiger partial charge in [0.1, 0.15) is 18.4 Å². The van der Waals surface area contributed by atoms with Gasteiger partial charge in [0.2, 0.25) is 5.91 Å². The number of ether oxygens (including phenoxy) is 2. The van der Waals surface area contributed by atoms with Crippen molar-refractivity contribution in [1.29, 1.82) is 0 Å². The van der Waals surface area contributed by atoms with Crippen LogP contribution >= 0.6 is 12.2 Å². The van der Waals surface area contributed by atoms with E-state index < -0.39 is 0 Å². The van der Waals surface area contributed by atoms with Gasteiger partial charge in [-0.2, -0.15) is 0 Å². The van der Waals surface area contributed by atoms with E-state index >= 15 is 0 Å². The van der Waals surface area contributed by atoms with E-state index in [0.29, 0.717) is 16.5 Å². The van der Waals surface area contributed by atoms with Gasteiger partial charge in [0, 0.05) is 37.9 Å². The number of nitrogens with zero attached hydrogens (tertiary/aromatic N) is 3. The van der Waals surface area contributed by atoms with Crippen LogP contribution in [0.5, 0.6) is 5.75 Å². The van der Waals surface area contributed by atoms with Gasteiger partial charge in [0.25, 0.3) is 0 Å². The van der Waals surface area contributed by atoms with Gasteiger partial charge in [-0.3, -0.25) is 9.78 Å². The summed E-state index contributed by atoms with van der Waals surface area (Å²) in [6.45, 7) is -0.0508. The van der Waals surface area contributed by atoms with E-state index in [4.69, 9.17) is 21.7 Å². The summed E-state index contributed by atoms with van der Waals surface area (Å²) in [5.41, 5.74) is 3.34. The Labute approximate surface area is 192 Å². The molecule has 2 N–H and O–H groups in total. The summed E-state index contributed by atoms with van der Waals surface area (Å²) in [5, 5.41) is 6.86. The Hall–Kier alpha value is -3.43. The van der Waals surface area contributed by atoms with Crippen molar-refractivity contribution in [3.05, 3.63) is 72.3 Å². The Kier molecular flexibility index (Phi) is 6.38. The van der Waals surface area contributed by atoms with Crippen LogP contribution in [0.15, 0.2) is 60.9 Å². The largest absolute Gasteiger partial charge is 0.495 e. The highest BCUT2D eigenvalue weighted by molar-refractivity contribution is 7.80. The average molecular weight is 452 g/mol. The molecule has 8 nitrogen and oxygen atoms in total. The van der Waals surface area contributed by atoms with E-state index in [1.54, 1.807) is 13.3 Å². The summed E-state index contributed by atoms with van der Waals surface area (Å²) in [6, 6.07) is 15.2. The topological polar surface area (TPSA) is 80.7 Å². The number of carbonyl (C=O) groups excluding carboxylic acids is 1. The van der Waals surface area contributed by atoms with Crippen LogP contribution in [-0.4, -0.2) is 41.4 Å². The number of methoxy groups -OCH3 is 2. The molecule has 9 heteroatoms. The predicted octanol–water partition coefficient (Wildman–Crippen LogP) is 3.19. The van der Waals surface area contributed by atoms with E-state index in [1.807, 2.05) is 55.7 Å². The molecule has 2 aromatic heterocycles. The minimum atomic E-state index is -0.268. The number of carbonyl (C=O) groups is 1. The second-order valence-corrected chi connectivity index (χ2v) is 7.79. The molecule has 3 heterocycles. The fraction of sp³-hybridized carbons (Fsp3) is 0.261. The molecule has 0 bridgehead atoms. The Morgan fingerprint density at radius 1 is 1.22 bits per heavy atom. The summed E-state index contributed by atoms with van der Waals surface area (Å²) in [4.78, 5) is 18.8. The zero-order valence-corrected chi connectivity index (χ0v) is 18.9. The fourth-order valence-electron chi connectivity index (χ4n) is 3.98. The highest BCUT2D eigenvalue weighted by atomic mass is 32.1. The highest BCUT2D eigenvalue weighted by Crippen LogP contribution is 2.43. The number of amides is 1. The summed E-state index contributed by atoms with van der Waals surface area (Å²) in [7, 11) is 5.05. The monoisotopic (exact) mass is 451 g/mol. The number of aromatic nitrogens is 2. The van der Waals surface area contributed by atoms with Crippen molar-refractivity contribution in [3.63, 3.8) is 0 Å². The number of aryl methyl sites for hydroxylation is 1. The average Bonchev–Trinajstić information content (AvgIpc) is 3.36. The first-order chi connectivity index (χ1) is 15.5. The van der Waals surface area contributed by atoms with Crippen LogP contribution in [0.1, 0.15) is 23.5 Å². The molecule has 1 aromatic carbocycles. The number of rotatable bonds is 7. The molecule has 2 atom stereocenters. The van der Waals surface area contributed by atoms with Crippen LogP contribution in [0, 0.1) is 0 Å². The van der Waals surface area contributed by atoms with Gasteiger partial charge >= 0.3 is 0 Å². The van der Waals surface area contributed by atoms with Gasteiger partial charge in [-0.05, 0) is 54.7 Å². The fourth-order valence-corrected chi connectivity index (χ4v) is 4.32. The summed E-state index contributed by atoms with van der Waals surface area (Å²) in [6.07, 6.45) is 3.79. The lowest BCUT2D eigenvalue weighted by molar-refractivity contribution is -0.119. The SMILES string of the molecule is COCC(=O)Nc1cc(N2C(=S)N[C@H](c3ccccn3)[C@@H]2c2cccn2C)ccc1OC. The maximum atomic E-state index is 12.2. The van der Waals surface area contributed by atoms with Crippen molar-refractivity contribution in [2.45, 2.75) is 12.1 Å². The number of thiocarbonyl (C=S) groups is 1. The lowest BCUT2D eigenvalue weighted by Crippen LogP contribution is -2.30. The van der Waals surface area contributed by atoms with Gasteiger partial charge in [-0.25, -0.2) is 0 Å². The lowest BCUT2D eigenvalue weighted by atomic mass is 10.0. The van der Waals surface area contributed by atoms with Gasteiger partial charge in [0.15, 0.2) is 5.11 Å². The van der Waals surface area contributed by atoms with Crippen LogP contribution in [0.3, 0.4) is 0 Å². The molecule has 1 saturated heterocycles. The number of hydrogen-bond donors (Lipinski definition) is 2. The molecular formula is C23H25N5O3S. The number of benzene rings is 1. The summed E-state index contributed by atoms with van der Waals surface area (Å²) < 4.78 is 12.5. The maximum Gasteiger partial charge on any atom is 0.250 e. The van der Waals surface area contributed by atoms with Crippen LogP contribution in [0.2, 0.25) is 0 Å². The van der Waals surface area contributed by atoms with E-state index in [1.165, 1.54) is 7.11 Å². The smallest absolute Gasteiger partial charge is 0.250 e. The molecule has 166 valence electrons. The van der Waals surface area contributed by atoms with Crippen LogP contribution in [0.25, 0.3) is 0 Å². The summed E-state index contributed by atoms with van der Waals surface area (Å²) in [5.74, 6) is 0.281. The van der Waals surface area contributed by atoms with Crippen molar-refractivity contribution in [1.82, 2.24) is 14.9 Å². The third-order valence-corrected chi connectivity index (χ3v) is 5.71. The molecule has 4 rings (SSSR count). The molecule has 0 unspecified atom stereocenters. The van der Waals surface area contributed by atoms with E-state index in [0.717, 1.165) is 17.1 Å². The Morgan fingerprint density at radius 2 is 2.06 bits per heavy atom. The Bertz CT molecular complexity index is 1120. The molecule has 0 saturated carbocycles. The second kappa shape index (κ2) is 9.37. The first kappa shape index (κ1) is 21.8. The Morgan fingerprint density at radius 3 is 2.72 bits per heavy atom. The molecule has 0 aliphatic carbocycles. The molecular weight excluding hydrogens is 426 g/mol. The minimum Gasteiger partial charge on any atom is -0.495 e. The zero-order valence-electron chi connectivity index (χ0n) is 18.1. The van der Waals surface area contributed by atoms with Crippen molar-refractivity contribution < 1.29 is 14.3 Å². The maximum absolute atomic E-state index is 12.2. The molecule has 3 aromatic rings. The molecule has 1 amide bonds. The van der Waals surface area contributed by atoms with Crippen molar-refractivity contribution in [3.8, 4) is 5.75 Å². The van der Waals surface area contributed by atoms with Crippen molar-refractivity contribution in [2.75, 3.05) is 31.0 Å². The molecule has 1 aliphatic heterocycles. The first-order valence-corrected chi connectivity index (χ1v) is 10.5. The third-order valence-electron chi connectivity index (χ3n) is 5.40. The first-order valence-electron chi connectivity index (χ1n) is 10.1. The standard InChI is InChI=1S/C23H25N5O3S/c1-27-12-6-8-18(27)22-21(16-7-4-5-11-24-16)26-23(32)28(22)15-9-10-19(31-3)17(13-15)25-20(29)14-30-2/h4-13,21-22H,14H2,1-3H3,(H,25,29)(H,26,32)/t21-,22+/m1/s1. The minimum absolute atomic E-state index is 0.0508. The van der Waals surface area contributed by atoms with Gasteiger partial charge in [-0.1, -0.05) is 6.07 Å². The van der Waals surface area contributed by atoms with Crippen LogP contribution < -0.4 is 20.3 Å². The van der Waals surface area contributed by atoms with Crippen molar-refractivity contribution >= 4 is 34.6 Å². The van der Waals surface area contributed by atoms with Crippen LogP contribution in [0.4, 0.5) is 11.4 Å². The number of anilines is 2. The third kappa shape index (κ3) is 4.17. The number of hydrogen-bond acceptors (Lipinski definition) is 5. The number of nitrogens with one attached hydrogen (secondary N) is 2. The predicted molar refractivity (Wildman–Crippen MR) is 127 cm³/mol. The zero-order chi connectivity index (χ0) is 22.7. The quantitative estimate of drug-likeness (QED) is 0.534. The highest BCUT2D eigenvalue weighted by Gasteiger charge is 2.42. The molecule has 0 radical (unpaired) electrons. The van der Waals surface area contributed by atoms with Crippen LogP contribution in [-0.2, 0) is 16.6 Å². The van der Waals surface area contributed by atoms with E-state index in [2.05, 4.69) is 31.2 Å². The molecule has 1 fully saturated rings. The second-order valence-electron chi connectivity index (χ2n) is 7.41. The van der Waals surface area contributed by atoms with E-state index in [-0.39, 0.29) is 24.6 Å². The van der Waals surface area contributed by atoms with Crippen molar-refractivity contribution in [2.24, 2.45) is 7.05 Å². The Balaban J connectivity index is 1.78. The number of pyridine rings is 1. The van der Waals surface area contributed by atoms with E-state index in [9.17, 15) is 4.79 Å². The van der Waals surface area contributed by atoms with Gasteiger partial charge < -0.3 is 29.6 Å². The van der Waals surface area contributed by atoms with Gasteiger partial charge in [-0.15, -0.1) is 0 Å². The summed E-state index contributed by atoms with van der Waals surface area (Å²) >= 11 is 5.77. The normalized spacial score (nSPS) is 17.8.